The van der Waals surface area contributed by atoms with Gasteiger partial charge in [-0.25, -0.2) is 12.8 Å². The van der Waals surface area contributed by atoms with E-state index in [2.05, 4.69) is 5.32 Å². The Labute approximate surface area is 194 Å². The molecule has 1 atom stereocenters. The lowest BCUT2D eigenvalue weighted by Crippen LogP contribution is -2.29. The monoisotopic (exact) mass is 466 g/mol. The van der Waals surface area contributed by atoms with E-state index in [0.29, 0.717) is 19.5 Å². The van der Waals surface area contributed by atoms with Crippen LogP contribution in [0, 0.1) is 5.82 Å². The number of aryl methyl sites for hydroxylation is 1. The van der Waals surface area contributed by atoms with Gasteiger partial charge in [0.15, 0.2) is 0 Å². The molecule has 5 nitrogen and oxygen atoms in total. The predicted octanol–water partition coefficient (Wildman–Crippen LogP) is 4.45. The lowest BCUT2D eigenvalue weighted by atomic mass is 9.98. The van der Waals surface area contributed by atoms with E-state index in [4.69, 9.17) is 0 Å². The fourth-order valence-corrected chi connectivity index (χ4v) is 5.57. The number of amides is 1. The van der Waals surface area contributed by atoms with E-state index in [0.717, 1.165) is 29.5 Å². The molecule has 1 aliphatic rings. The molecule has 1 saturated heterocycles. The normalized spacial score (nSPS) is 15.3. The number of sulfonamides is 1. The van der Waals surface area contributed by atoms with Crippen LogP contribution in [0.3, 0.4) is 0 Å². The van der Waals surface area contributed by atoms with E-state index in [1.165, 1.54) is 16.4 Å². The number of hydrogen-bond acceptors (Lipinski definition) is 3. The highest BCUT2D eigenvalue weighted by molar-refractivity contribution is 7.89. The maximum atomic E-state index is 13.4. The average molecular weight is 467 g/mol. The van der Waals surface area contributed by atoms with Crippen LogP contribution >= 0.6 is 0 Å². The first-order valence-corrected chi connectivity index (χ1v) is 12.6. The van der Waals surface area contributed by atoms with E-state index in [9.17, 15) is 17.6 Å². The van der Waals surface area contributed by atoms with Gasteiger partial charge in [-0.05, 0) is 60.2 Å². The minimum atomic E-state index is -3.44. The van der Waals surface area contributed by atoms with E-state index in [-0.39, 0.29) is 29.1 Å². The SMILES string of the molecule is O=C(CCc1ccc(S(=O)(=O)N2CCCC2)cc1)NC(c1ccccc1)c1ccc(F)cc1. The Kier molecular flexibility index (Phi) is 7.20. The molecule has 172 valence electrons. The first-order chi connectivity index (χ1) is 15.9. The summed E-state index contributed by atoms with van der Waals surface area (Å²) in [5.41, 5.74) is 2.60. The standard InChI is InChI=1S/C26H27FN2O3S/c27-23-13-11-22(12-14-23)26(21-6-2-1-3-7-21)28-25(30)17-10-20-8-15-24(16-9-20)33(31,32)29-18-4-5-19-29/h1-3,6-9,11-16,26H,4-5,10,17-19H2,(H,28,30). The summed E-state index contributed by atoms with van der Waals surface area (Å²) in [6.07, 6.45) is 2.53. The highest BCUT2D eigenvalue weighted by Gasteiger charge is 2.27. The Morgan fingerprint density at radius 1 is 0.879 bits per heavy atom. The summed E-state index contributed by atoms with van der Waals surface area (Å²) in [5, 5.41) is 3.05. The molecule has 0 spiro atoms. The van der Waals surface area contributed by atoms with Crippen molar-refractivity contribution in [3.05, 3.63) is 101 Å². The van der Waals surface area contributed by atoms with Crippen molar-refractivity contribution in [1.29, 1.82) is 0 Å². The molecule has 0 bridgehead atoms. The van der Waals surface area contributed by atoms with Gasteiger partial charge >= 0.3 is 0 Å². The lowest BCUT2D eigenvalue weighted by Gasteiger charge is -2.20. The second-order valence-electron chi connectivity index (χ2n) is 8.22. The Morgan fingerprint density at radius 2 is 1.48 bits per heavy atom. The third-order valence-electron chi connectivity index (χ3n) is 5.91. The maximum Gasteiger partial charge on any atom is 0.243 e. The van der Waals surface area contributed by atoms with Crippen molar-refractivity contribution in [3.63, 3.8) is 0 Å². The van der Waals surface area contributed by atoms with Gasteiger partial charge in [-0.2, -0.15) is 4.31 Å². The molecule has 1 heterocycles. The van der Waals surface area contributed by atoms with E-state index >= 15 is 0 Å². The van der Waals surface area contributed by atoms with Crippen LogP contribution < -0.4 is 5.32 Å². The van der Waals surface area contributed by atoms with Crippen LogP contribution in [0.1, 0.15) is 42.0 Å². The predicted molar refractivity (Wildman–Crippen MR) is 126 cm³/mol. The van der Waals surface area contributed by atoms with Crippen molar-refractivity contribution in [3.8, 4) is 0 Å². The van der Waals surface area contributed by atoms with Gasteiger partial charge in [-0.15, -0.1) is 0 Å². The molecule has 3 aromatic rings. The molecule has 1 unspecified atom stereocenters. The zero-order valence-electron chi connectivity index (χ0n) is 18.3. The zero-order valence-corrected chi connectivity index (χ0v) is 19.1. The van der Waals surface area contributed by atoms with Gasteiger partial charge in [-0.1, -0.05) is 54.6 Å². The summed E-state index contributed by atoms with van der Waals surface area (Å²) >= 11 is 0. The molecule has 3 aromatic carbocycles. The molecule has 1 amide bonds. The van der Waals surface area contributed by atoms with Crippen LogP contribution in [0.4, 0.5) is 4.39 Å². The van der Waals surface area contributed by atoms with Gasteiger partial charge in [0, 0.05) is 19.5 Å². The molecule has 4 rings (SSSR count). The third kappa shape index (κ3) is 5.67. The minimum Gasteiger partial charge on any atom is -0.345 e. The van der Waals surface area contributed by atoms with Crippen molar-refractivity contribution in [1.82, 2.24) is 9.62 Å². The van der Waals surface area contributed by atoms with E-state index < -0.39 is 10.0 Å². The van der Waals surface area contributed by atoms with Crippen LogP contribution in [-0.4, -0.2) is 31.7 Å². The summed E-state index contributed by atoms with van der Waals surface area (Å²) in [6, 6.07) is 22.1. The summed E-state index contributed by atoms with van der Waals surface area (Å²) in [5.74, 6) is -0.464. The van der Waals surface area contributed by atoms with E-state index in [1.54, 1.807) is 36.4 Å². The number of hydrogen-bond donors (Lipinski definition) is 1. The lowest BCUT2D eigenvalue weighted by molar-refractivity contribution is -0.121. The molecular weight excluding hydrogens is 439 g/mol. The molecule has 1 fully saturated rings. The first kappa shape index (κ1) is 23.1. The molecule has 0 aromatic heterocycles. The number of halogens is 1. The van der Waals surface area contributed by atoms with Crippen LogP contribution in [0.2, 0.25) is 0 Å². The van der Waals surface area contributed by atoms with Crippen molar-refractivity contribution < 1.29 is 17.6 Å². The highest BCUT2D eigenvalue weighted by Crippen LogP contribution is 2.23. The number of carbonyl (C=O) groups is 1. The molecule has 0 radical (unpaired) electrons. The van der Waals surface area contributed by atoms with Crippen molar-refractivity contribution in [2.45, 2.75) is 36.6 Å². The number of rotatable bonds is 8. The number of nitrogens with one attached hydrogen (secondary N) is 1. The Balaban J connectivity index is 1.40. The smallest absolute Gasteiger partial charge is 0.243 e. The fourth-order valence-electron chi connectivity index (χ4n) is 4.06. The molecule has 1 N–H and O–H groups in total. The van der Waals surface area contributed by atoms with Crippen LogP contribution in [-0.2, 0) is 21.2 Å². The topological polar surface area (TPSA) is 66.5 Å². The minimum absolute atomic E-state index is 0.137. The van der Waals surface area contributed by atoms with Crippen LogP contribution in [0.25, 0.3) is 0 Å². The van der Waals surface area contributed by atoms with Gasteiger partial charge in [0.2, 0.25) is 15.9 Å². The van der Waals surface area contributed by atoms with E-state index in [1.807, 2.05) is 30.3 Å². The fraction of sp³-hybridized carbons (Fsp3) is 0.269. The number of benzene rings is 3. The van der Waals surface area contributed by atoms with Crippen LogP contribution in [0.15, 0.2) is 83.8 Å². The second-order valence-corrected chi connectivity index (χ2v) is 10.2. The van der Waals surface area contributed by atoms with Crippen LogP contribution in [0.5, 0.6) is 0 Å². The zero-order chi connectivity index (χ0) is 23.3. The maximum absolute atomic E-state index is 13.4. The van der Waals surface area contributed by atoms with Gasteiger partial charge in [-0.3, -0.25) is 4.79 Å². The molecule has 33 heavy (non-hydrogen) atoms. The number of nitrogens with zero attached hydrogens (tertiary/aromatic N) is 1. The summed E-state index contributed by atoms with van der Waals surface area (Å²) < 4.78 is 40.2. The Hall–Kier alpha value is -3.03. The average Bonchev–Trinajstić information content (AvgIpc) is 3.39. The summed E-state index contributed by atoms with van der Waals surface area (Å²) in [4.78, 5) is 13.0. The molecule has 0 aliphatic carbocycles. The second kappa shape index (κ2) is 10.3. The highest BCUT2D eigenvalue weighted by atomic mass is 32.2. The Bertz CT molecular complexity index is 1170. The van der Waals surface area contributed by atoms with Gasteiger partial charge in [0.05, 0.1) is 10.9 Å². The molecule has 0 saturated carbocycles. The van der Waals surface area contributed by atoms with Gasteiger partial charge in [0.1, 0.15) is 5.82 Å². The van der Waals surface area contributed by atoms with Crippen molar-refractivity contribution in [2.24, 2.45) is 0 Å². The van der Waals surface area contributed by atoms with Gasteiger partial charge < -0.3 is 5.32 Å². The molecule has 1 aliphatic heterocycles. The van der Waals surface area contributed by atoms with Crippen molar-refractivity contribution >= 4 is 15.9 Å². The molecular formula is C26H27FN2O3S. The summed E-state index contributed by atoms with van der Waals surface area (Å²) in [6.45, 7) is 1.14. The molecule has 7 heteroatoms. The van der Waals surface area contributed by atoms with Gasteiger partial charge in [0.25, 0.3) is 0 Å². The quantitative estimate of drug-likeness (QED) is 0.533. The van der Waals surface area contributed by atoms with Crippen molar-refractivity contribution in [2.75, 3.05) is 13.1 Å². The Morgan fingerprint density at radius 3 is 2.12 bits per heavy atom. The third-order valence-corrected chi connectivity index (χ3v) is 7.82. The largest absolute Gasteiger partial charge is 0.345 e. The number of carbonyl (C=O) groups excluding carboxylic acids is 1. The first-order valence-electron chi connectivity index (χ1n) is 11.1. The summed E-state index contributed by atoms with van der Waals surface area (Å²) in [7, 11) is -3.44.